The average Bonchev–Trinajstić information content (AvgIpc) is 3.36. The second-order valence-corrected chi connectivity index (χ2v) is 12.2. The first-order chi connectivity index (χ1) is 15.4. The van der Waals surface area contributed by atoms with Crippen molar-refractivity contribution in [3.8, 4) is 0 Å². The van der Waals surface area contributed by atoms with E-state index in [4.69, 9.17) is 4.98 Å². The first kappa shape index (κ1) is 23.6. The van der Waals surface area contributed by atoms with Crippen LogP contribution in [0, 0.1) is 18.8 Å². The minimum Gasteiger partial charge on any atom is -0.361 e. The van der Waals surface area contributed by atoms with E-state index in [0.29, 0.717) is 18.4 Å². The number of amides is 1. The molecule has 0 saturated heterocycles. The molecular weight excluding hydrogens is 438 g/mol. The van der Waals surface area contributed by atoms with Crippen LogP contribution < -0.4 is 10.6 Å². The smallest absolute Gasteiger partial charge is 0.225 e. The lowest BCUT2D eigenvalue weighted by Crippen LogP contribution is -2.39. The van der Waals surface area contributed by atoms with Gasteiger partial charge in [0.25, 0.3) is 0 Å². The summed E-state index contributed by atoms with van der Waals surface area (Å²) in [6, 6.07) is 0.345. The summed E-state index contributed by atoms with van der Waals surface area (Å²) in [5, 5.41) is 8.86. The van der Waals surface area contributed by atoms with E-state index in [1.807, 2.05) is 24.5 Å². The van der Waals surface area contributed by atoms with Crippen molar-refractivity contribution in [3.63, 3.8) is 0 Å². The van der Waals surface area contributed by atoms with Gasteiger partial charge in [0.2, 0.25) is 5.91 Å². The van der Waals surface area contributed by atoms with Crippen LogP contribution in [-0.2, 0) is 24.2 Å². The van der Waals surface area contributed by atoms with Gasteiger partial charge in [-0.2, -0.15) is 0 Å². The van der Waals surface area contributed by atoms with Crippen molar-refractivity contribution in [3.05, 3.63) is 26.7 Å². The molecule has 176 valence electrons. The van der Waals surface area contributed by atoms with E-state index in [-0.39, 0.29) is 5.91 Å². The van der Waals surface area contributed by atoms with E-state index in [2.05, 4.69) is 34.4 Å². The summed E-state index contributed by atoms with van der Waals surface area (Å²) in [5.41, 5.74) is 1.29. The molecule has 1 fully saturated rings. The van der Waals surface area contributed by atoms with Gasteiger partial charge in [0.15, 0.2) is 5.13 Å². The van der Waals surface area contributed by atoms with E-state index in [1.165, 1.54) is 29.8 Å². The topological polar surface area (TPSA) is 70.2 Å². The molecule has 4 rings (SSSR count). The third-order valence-electron chi connectivity index (χ3n) is 6.54. The highest BCUT2D eigenvalue weighted by Crippen LogP contribution is 2.30. The molecule has 8 heteroatoms. The zero-order valence-electron chi connectivity index (χ0n) is 19.7. The molecule has 2 aromatic rings. The molecule has 2 aromatic heterocycles. The Morgan fingerprint density at radius 1 is 1.25 bits per heavy atom. The molecule has 0 bridgehead atoms. The summed E-state index contributed by atoms with van der Waals surface area (Å²) in [7, 11) is 0. The van der Waals surface area contributed by atoms with E-state index < -0.39 is 0 Å². The van der Waals surface area contributed by atoms with E-state index in [1.54, 1.807) is 11.3 Å². The molecule has 1 amide bonds. The monoisotopic (exact) mass is 475 g/mol. The number of thiazole rings is 2. The second-order valence-electron chi connectivity index (χ2n) is 9.79. The normalized spacial score (nSPS) is 21.5. The molecule has 1 saturated carbocycles. The molecule has 3 heterocycles. The zero-order chi connectivity index (χ0) is 22.5. The van der Waals surface area contributed by atoms with Crippen molar-refractivity contribution in [2.24, 2.45) is 11.8 Å². The number of hydrogen-bond donors (Lipinski definition) is 2. The lowest BCUT2D eigenvalue weighted by Gasteiger charge is -2.32. The van der Waals surface area contributed by atoms with Crippen LogP contribution in [0.1, 0.15) is 66.4 Å². The lowest BCUT2D eigenvalue weighted by molar-refractivity contribution is -0.121. The van der Waals surface area contributed by atoms with Gasteiger partial charge in [-0.3, -0.25) is 9.69 Å². The molecule has 0 radical (unpaired) electrons. The van der Waals surface area contributed by atoms with E-state index in [0.717, 1.165) is 66.4 Å². The Labute approximate surface area is 200 Å². The Morgan fingerprint density at radius 2 is 2.06 bits per heavy atom. The number of anilines is 1. The predicted molar refractivity (Wildman–Crippen MR) is 133 cm³/mol. The van der Waals surface area contributed by atoms with E-state index in [9.17, 15) is 4.79 Å². The third kappa shape index (κ3) is 6.75. The Kier molecular flexibility index (Phi) is 8.18. The molecule has 1 aliphatic carbocycles. The second kappa shape index (κ2) is 11.1. The van der Waals surface area contributed by atoms with Gasteiger partial charge < -0.3 is 10.6 Å². The number of fused-ring (bicyclic) bond motifs is 1. The van der Waals surface area contributed by atoms with Crippen molar-refractivity contribution in [1.82, 2.24) is 20.2 Å². The fraction of sp³-hybridized carbons (Fsp3) is 0.708. The molecular formula is C24H37N5OS2. The quantitative estimate of drug-likeness (QED) is 0.553. The Bertz CT molecular complexity index is 885. The van der Waals surface area contributed by atoms with Crippen molar-refractivity contribution in [1.29, 1.82) is 0 Å². The van der Waals surface area contributed by atoms with Crippen LogP contribution in [0.2, 0.25) is 0 Å². The predicted octanol–water partition coefficient (Wildman–Crippen LogP) is 4.64. The minimum atomic E-state index is 0.145. The third-order valence-corrected chi connectivity index (χ3v) is 8.57. The summed E-state index contributed by atoms with van der Waals surface area (Å²) >= 11 is 3.46. The van der Waals surface area contributed by atoms with E-state index >= 15 is 0 Å². The molecule has 0 spiro atoms. The fourth-order valence-electron chi connectivity index (χ4n) is 4.70. The van der Waals surface area contributed by atoms with Gasteiger partial charge in [-0.25, -0.2) is 9.97 Å². The van der Waals surface area contributed by atoms with Crippen LogP contribution in [0.15, 0.2) is 6.20 Å². The Balaban J connectivity index is 1.14. The summed E-state index contributed by atoms with van der Waals surface area (Å²) in [4.78, 5) is 26.5. The molecule has 0 aromatic carbocycles. The minimum absolute atomic E-state index is 0.145. The first-order valence-corrected chi connectivity index (χ1v) is 13.7. The van der Waals surface area contributed by atoms with Crippen LogP contribution in [0.4, 0.5) is 5.13 Å². The molecule has 2 aliphatic rings. The molecule has 32 heavy (non-hydrogen) atoms. The van der Waals surface area contributed by atoms with Gasteiger partial charge in [-0.1, -0.05) is 13.8 Å². The highest BCUT2D eigenvalue weighted by atomic mass is 32.1. The number of nitrogens with zero attached hydrogens (tertiary/aromatic N) is 3. The maximum Gasteiger partial charge on any atom is 0.225 e. The standard InChI is InChI=1S/C24H37N5OS2/c1-16(2)13-26-24-28-21-15-29(11-9-22(21)32-24)10-8-18-4-6-19(7-5-18)27-23(30)12-20-14-25-17(3)31-20/h14,16,18-19H,4-13,15H2,1-3H3,(H,26,28)(H,27,30)/t18-,19-. The first-order valence-electron chi connectivity index (χ1n) is 12.1. The summed E-state index contributed by atoms with van der Waals surface area (Å²) in [6.07, 6.45) is 9.36. The van der Waals surface area contributed by atoms with Crippen molar-refractivity contribution >= 4 is 33.7 Å². The largest absolute Gasteiger partial charge is 0.361 e. The summed E-state index contributed by atoms with van der Waals surface area (Å²) in [6.45, 7) is 10.7. The Hall–Kier alpha value is -1.51. The van der Waals surface area contributed by atoms with Gasteiger partial charge in [0.1, 0.15) is 0 Å². The van der Waals surface area contributed by atoms with Crippen LogP contribution in [-0.4, -0.2) is 46.5 Å². The fourth-order valence-corrected chi connectivity index (χ4v) is 6.45. The van der Waals surface area contributed by atoms with Crippen LogP contribution >= 0.6 is 22.7 Å². The number of rotatable bonds is 9. The van der Waals surface area contributed by atoms with Gasteiger partial charge >= 0.3 is 0 Å². The average molecular weight is 476 g/mol. The molecule has 2 N–H and O–H groups in total. The van der Waals surface area contributed by atoms with Gasteiger partial charge in [0, 0.05) is 41.6 Å². The van der Waals surface area contributed by atoms with Gasteiger partial charge in [-0.05, 0) is 63.8 Å². The highest BCUT2D eigenvalue weighted by molar-refractivity contribution is 7.15. The van der Waals surface area contributed by atoms with Crippen LogP contribution in [0.5, 0.6) is 0 Å². The lowest BCUT2D eigenvalue weighted by atomic mass is 9.84. The van der Waals surface area contributed by atoms with Gasteiger partial charge in [-0.15, -0.1) is 22.7 Å². The number of nitrogens with one attached hydrogen (secondary N) is 2. The maximum absolute atomic E-state index is 12.3. The zero-order valence-corrected chi connectivity index (χ0v) is 21.3. The number of carbonyl (C=O) groups excluding carboxylic acids is 1. The van der Waals surface area contributed by atoms with Crippen LogP contribution in [0.25, 0.3) is 0 Å². The number of carbonyl (C=O) groups is 1. The number of hydrogen-bond acceptors (Lipinski definition) is 7. The number of aryl methyl sites for hydroxylation is 1. The van der Waals surface area contributed by atoms with Crippen LogP contribution in [0.3, 0.4) is 0 Å². The summed E-state index contributed by atoms with van der Waals surface area (Å²) < 4.78 is 0. The van der Waals surface area contributed by atoms with Crippen molar-refractivity contribution in [2.45, 2.75) is 78.3 Å². The maximum atomic E-state index is 12.3. The van der Waals surface area contributed by atoms with Crippen molar-refractivity contribution in [2.75, 3.05) is 25.0 Å². The molecule has 0 atom stereocenters. The SMILES string of the molecule is Cc1ncc(CC(=O)N[C@H]2CC[C@H](CCN3CCc4sc(NCC(C)C)nc4C3)CC2)s1. The summed E-state index contributed by atoms with van der Waals surface area (Å²) in [5.74, 6) is 1.57. The molecule has 1 aliphatic heterocycles. The van der Waals surface area contributed by atoms with Crippen molar-refractivity contribution < 1.29 is 4.79 Å². The molecule has 0 unspecified atom stereocenters. The molecule has 6 nitrogen and oxygen atoms in total. The highest BCUT2D eigenvalue weighted by Gasteiger charge is 2.25. The Morgan fingerprint density at radius 3 is 2.78 bits per heavy atom. The van der Waals surface area contributed by atoms with Gasteiger partial charge in [0.05, 0.1) is 17.1 Å². The number of aromatic nitrogens is 2.